The van der Waals surface area contributed by atoms with Gasteiger partial charge in [-0.3, -0.25) is 4.90 Å². The summed E-state index contributed by atoms with van der Waals surface area (Å²) >= 11 is 1.79. The van der Waals surface area contributed by atoms with Gasteiger partial charge in [0.1, 0.15) is 5.01 Å². The second-order valence-corrected chi connectivity index (χ2v) is 7.83. The van der Waals surface area contributed by atoms with Gasteiger partial charge in [-0.2, -0.15) is 0 Å². The van der Waals surface area contributed by atoms with Gasteiger partial charge in [0.2, 0.25) is 0 Å². The molecule has 0 bridgehead atoms. The maximum absolute atomic E-state index is 4.79. The summed E-state index contributed by atoms with van der Waals surface area (Å²) in [5, 5.41) is 6.96. The van der Waals surface area contributed by atoms with E-state index in [1.807, 2.05) is 0 Å². The van der Waals surface area contributed by atoms with E-state index in [1.165, 1.54) is 42.9 Å². The highest BCUT2D eigenvalue weighted by Gasteiger charge is 2.28. The van der Waals surface area contributed by atoms with Crippen LogP contribution in [0.2, 0.25) is 0 Å². The molecule has 0 aliphatic heterocycles. The zero-order valence-corrected chi connectivity index (χ0v) is 14.2. The van der Waals surface area contributed by atoms with Crippen LogP contribution in [0.3, 0.4) is 0 Å². The van der Waals surface area contributed by atoms with Crippen molar-refractivity contribution in [1.82, 2.24) is 15.2 Å². The molecule has 1 heterocycles. The summed E-state index contributed by atoms with van der Waals surface area (Å²) in [7, 11) is 0. The zero-order valence-electron chi connectivity index (χ0n) is 13.4. The van der Waals surface area contributed by atoms with Crippen molar-refractivity contribution in [1.29, 1.82) is 0 Å². The fourth-order valence-electron chi connectivity index (χ4n) is 2.24. The number of hydrogen-bond acceptors (Lipinski definition) is 4. The Morgan fingerprint density at radius 2 is 2.15 bits per heavy atom. The van der Waals surface area contributed by atoms with Crippen molar-refractivity contribution < 1.29 is 0 Å². The van der Waals surface area contributed by atoms with Crippen molar-refractivity contribution in [3.05, 3.63) is 16.1 Å². The Bertz CT molecular complexity index is 404. The molecule has 1 fully saturated rings. The lowest BCUT2D eigenvalue weighted by Crippen LogP contribution is -2.35. The van der Waals surface area contributed by atoms with Gasteiger partial charge in [0.05, 0.1) is 5.69 Å². The minimum Gasteiger partial charge on any atom is -0.306 e. The molecular weight excluding hydrogens is 266 g/mol. The third-order valence-electron chi connectivity index (χ3n) is 3.60. The third-order valence-corrected chi connectivity index (χ3v) is 4.49. The quantitative estimate of drug-likeness (QED) is 0.791. The first-order valence-electron chi connectivity index (χ1n) is 7.90. The largest absolute Gasteiger partial charge is 0.306 e. The lowest BCUT2D eigenvalue weighted by Gasteiger charge is -2.20. The molecule has 1 aromatic heterocycles. The smallest absolute Gasteiger partial charge is 0.107 e. The first-order chi connectivity index (χ1) is 9.48. The van der Waals surface area contributed by atoms with Gasteiger partial charge in [-0.15, -0.1) is 11.3 Å². The van der Waals surface area contributed by atoms with E-state index >= 15 is 0 Å². The Kier molecular flexibility index (Phi) is 5.58. The number of nitrogens with one attached hydrogen (secondary N) is 1. The molecule has 0 amide bonds. The molecule has 4 heteroatoms. The van der Waals surface area contributed by atoms with Crippen molar-refractivity contribution in [3.8, 4) is 0 Å². The van der Waals surface area contributed by atoms with Gasteiger partial charge >= 0.3 is 0 Å². The summed E-state index contributed by atoms with van der Waals surface area (Å²) in [6.07, 6.45) is 5.35. The fourth-order valence-corrected chi connectivity index (χ4v) is 2.97. The first-order valence-corrected chi connectivity index (χ1v) is 8.78. The van der Waals surface area contributed by atoms with Gasteiger partial charge in [0.25, 0.3) is 0 Å². The minimum absolute atomic E-state index is 0.160. The number of unbranched alkanes of at least 4 members (excludes halogenated alkanes) is 1. The highest BCUT2D eigenvalue weighted by molar-refractivity contribution is 7.09. The van der Waals surface area contributed by atoms with Crippen molar-refractivity contribution in [2.75, 3.05) is 6.54 Å². The number of rotatable bonds is 8. The van der Waals surface area contributed by atoms with Crippen LogP contribution in [0.25, 0.3) is 0 Å². The zero-order chi connectivity index (χ0) is 14.6. The molecule has 1 saturated carbocycles. The molecule has 0 saturated heterocycles. The van der Waals surface area contributed by atoms with Crippen LogP contribution in [0, 0.1) is 0 Å². The molecule has 2 rings (SSSR count). The van der Waals surface area contributed by atoms with E-state index in [4.69, 9.17) is 4.98 Å². The van der Waals surface area contributed by atoms with Crippen LogP contribution in [-0.2, 0) is 13.1 Å². The summed E-state index contributed by atoms with van der Waals surface area (Å²) in [4.78, 5) is 7.41. The average Bonchev–Trinajstić information content (AvgIpc) is 3.12. The molecule has 0 atom stereocenters. The highest BCUT2D eigenvalue weighted by Crippen LogP contribution is 2.28. The molecule has 0 radical (unpaired) electrons. The fraction of sp³-hybridized carbons (Fsp3) is 0.812. The molecule has 0 spiro atoms. The molecule has 1 aliphatic rings. The Morgan fingerprint density at radius 1 is 1.40 bits per heavy atom. The number of aromatic nitrogens is 1. The van der Waals surface area contributed by atoms with Gasteiger partial charge in [-0.05, 0) is 46.6 Å². The van der Waals surface area contributed by atoms with Crippen molar-refractivity contribution in [3.63, 3.8) is 0 Å². The molecular formula is C16H29N3S. The van der Waals surface area contributed by atoms with Crippen LogP contribution in [0.4, 0.5) is 0 Å². The van der Waals surface area contributed by atoms with E-state index in [-0.39, 0.29) is 5.54 Å². The van der Waals surface area contributed by atoms with E-state index in [9.17, 15) is 0 Å². The monoisotopic (exact) mass is 295 g/mol. The first kappa shape index (κ1) is 15.9. The van der Waals surface area contributed by atoms with Crippen LogP contribution in [-0.4, -0.2) is 28.0 Å². The van der Waals surface area contributed by atoms with E-state index in [0.717, 1.165) is 19.1 Å². The van der Waals surface area contributed by atoms with Gasteiger partial charge < -0.3 is 5.32 Å². The number of thiazole rings is 1. The predicted octanol–water partition coefficient (Wildman–Crippen LogP) is 3.80. The van der Waals surface area contributed by atoms with E-state index in [1.54, 1.807) is 11.3 Å². The Morgan fingerprint density at radius 3 is 2.75 bits per heavy atom. The Hall–Kier alpha value is -0.450. The lowest BCUT2D eigenvalue weighted by atomic mass is 10.1. The van der Waals surface area contributed by atoms with Crippen LogP contribution < -0.4 is 5.32 Å². The van der Waals surface area contributed by atoms with Gasteiger partial charge in [-0.1, -0.05) is 13.3 Å². The minimum atomic E-state index is 0.160. The third kappa shape index (κ3) is 5.51. The molecule has 20 heavy (non-hydrogen) atoms. The summed E-state index contributed by atoms with van der Waals surface area (Å²) in [6, 6.07) is 0.833. The maximum Gasteiger partial charge on any atom is 0.107 e. The molecule has 1 aromatic rings. The summed E-state index contributed by atoms with van der Waals surface area (Å²) in [5.74, 6) is 0. The van der Waals surface area contributed by atoms with E-state index < -0.39 is 0 Å². The SMILES string of the molecule is CCCCN(Cc1csc(CNC(C)(C)C)n1)C1CC1. The van der Waals surface area contributed by atoms with Gasteiger partial charge in [0, 0.05) is 30.1 Å². The number of nitrogens with zero attached hydrogens (tertiary/aromatic N) is 2. The van der Waals surface area contributed by atoms with Crippen LogP contribution in [0.15, 0.2) is 5.38 Å². The topological polar surface area (TPSA) is 28.2 Å². The molecule has 3 nitrogen and oxygen atoms in total. The standard InChI is InChI=1S/C16H29N3S/c1-5-6-9-19(14-7-8-14)11-13-12-20-15(18-13)10-17-16(2,3)4/h12,14,17H,5-11H2,1-4H3. The van der Waals surface area contributed by atoms with Crippen LogP contribution in [0.5, 0.6) is 0 Å². The second-order valence-electron chi connectivity index (χ2n) is 6.89. The maximum atomic E-state index is 4.79. The van der Waals surface area contributed by atoms with E-state index in [2.05, 4.69) is 43.3 Å². The lowest BCUT2D eigenvalue weighted by molar-refractivity contribution is 0.248. The van der Waals surface area contributed by atoms with Crippen molar-refractivity contribution in [2.24, 2.45) is 0 Å². The summed E-state index contributed by atoms with van der Waals surface area (Å²) in [6.45, 7) is 12.0. The van der Waals surface area contributed by atoms with Gasteiger partial charge in [-0.25, -0.2) is 4.98 Å². The Labute approximate surface area is 127 Å². The average molecular weight is 295 g/mol. The van der Waals surface area contributed by atoms with Crippen molar-refractivity contribution >= 4 is 11.3 Å². The Balaban J connectivity index is 1.84. The highest BCUT2D eigenvalue weighted by atomic mass is 32.1. The summed E-state index contributed by atoms with van der Waals surface area (Å²) < 4.78 is 0. The molecule has 114 valence electrons. The molecule has 1 aliphatic carbocycles. The van der Waals surface area contributed by atoms with Gasteiger partial charge in [0.15, 0.2) is 0 Å². The van der Waals surface area contributed by atoms with E-state index in [0.29, 0.717) is 0 Å². The van der Waals surface area contributed by atoms with Crippen LogP contribution in [0.1, 0.15) is 64.1 Å². The summed E-state index contributed by atoms with van der Waals surface area (Å²) in [5.41, 5.74) is 1.41. The predicted molar refractivity (Wildman–Crippen MR) is 87.0 cm³/mol. The normalized spacial score (nSPS) is 16.1. The molecule has 0 aromatic carbocycles. The second kappa shape index (κ2) is 7.01. The molecule has 0 unspecified atom stereocenters. The number of hydrogen-bond donors (Lipinski definition) is 1. The van der Waals surface area contributed by atoms with Crippen LogP contribution >= 0.6 is 11.3 Å². The van der Waals surface area contributed by atoms with Crippen molar-refractivity contribution in [2.45, 2.75) is 78.0 Å². The molecule has 1 N–H and O–H groups in total.